The Morgan fingerprint density at radius 3 is 2.30 bits per heavy atom. The van der Waals surface area contributed by atoms with Crippen molar-refractivity contribution in [2.24, 2.45) is 0 Å². The Morgan fingerprint density at radius 2 is 1.76 bits per heavy atom. The number of hydrogen-bond donors (Lipinski definition) is 0. The first-order chi connectivity index (χ1) is 15.5. The Bertz CT molecular complexity index is 1080. The van der Waals surface area contributed by atoms with Crippen LogP contribution in [0.4, 0.5) is 5.69 Å². The van der Waals surface area contributed by atoms with Gasteiger partial charge in [-0.05, 0) is 61.1 Å². The van der Waals surface area contributed by atoms with Crippen molar-refractivity contribution in [1.29, 1.82) is 0 Å². The molecule has 2 atom stereocenters. The first kappa shape index (κ1) is 25.1. The highest BCUT2D eigenvalue weighted by Gasteiger charge is 2.36. The average molecular weight is 473 g/mol. The molecule has 3 rings (SSSR count). The van der Waals surface area contributed by atoms with Gasteiger partial charge in [0.1, 0.15) is 5.75 Å². The van der Waals surface area contributed by atoms with Gasteiger partial charge in [0.15, 0.2) is 15.9 Å². The van der Waals surface area contributed by atoms with Gasteiger partial charge in [-0.2, -0.15) is 0 Å². The number of sulfone groups is 1. The molecule has 1 saturated heterocycles. The molecule has 1 amide bonds. The molecular weight excluding hydrogens is 436 g/mol. The van der Waals surface area contributed by atoms with Crippen molar-refractivity contribution in [3.8, 4) is 5.75 Å². The molecule has 0 radical (unpaired) electrons. The molecule has 2 aromatic rings. The number of anilines is 1. The van der Waals surface area contributed by atoms with Crippen molar-refractivity contribution in [1.82, 2.24) is 4.90 Å². The number of hydrogen-bond acceptors (Lipinski definition) is 5. The zero-order valence-corrected chi connectivity index (χ0v) is 21.4. The van der Waals surface area contributed by atoms with E-state index in [9.17, 15) is 13.2 Å². The van der Waals surface area contributed by atoms with Crippen LogP contribution in [0.3, 0.4) is 0 Å². The number of rotatable bonds is 8. The topological polar surface area (TPSA) is 66.9 Å². The smallest absolute Gasteiger partial charge is 0.263 e. The van der Waals surface area contributed by atoms with Gasteiger partial charge in [0.25, 0.3) is 5.91 Å². The van der Waals surface area contributed by atoms with Gasteiger partial charge < -0.3 is 14.5 Å². The van der Waals surface area contributed by atoms with Gasteiger partial charge in [0.05, 0.1) is 11.5 Å². The van der Waals surface area contributed by atoms with Gasteiger partial charge >= 0.3 is 0 Å². The summed E-state index contributed by atoms with van der Waals surface area (Å²) in [5.41, 5.74) is 4.14. The first-order valence-corrected chi connectivity index (χ1v) is 13.3. The van der Waals surface area contributed by atoms with E-state index in [0.29, 0.717) is 18.7 Å². The van der Waals surface area contributed by atoms with Gasteiger partial charge in [-0.1, -0.05) is 38.1 Å². The predicted octanol–water partition coefficient (Wildman–Crippen LogP) is 4.17. The zero-order chi connectivity index (χ0) is 24.3. The summed E-state index contributed by atoms with van der Waals surface area (Å²) in [5, 5.41) is 0. The highest BCUT2D eigenvalue weighted by molar-refractivity contribution is 7.91. The summed E-state index contributed by atoms with van der Waals surface area (Å²) in [7, 11) is 0.819. The zero-order valence-electron chi connectivity index (χ0n) is 20.5. The second-order valence-corrected chi connectivity index (χ2v) is 11.8. The van der Waals surface area contributed by atoms with Crippen LogP contribution in [0, 0.1) is 6.92 Å². The van der Waals surface area contributed by atoms with Crippen molar-refractivity contribution in [2.45, 2.75) is 58.7 Å². The molecule has 0 spiro atoms. The monoisotopic (exact) mass is 472 g/mol. The van der Waals surface area contributed by atoms with Crippen molar-refractivity contribution in [3.63, 3.8) is 0 Å². The third kappa shape index (κ3) is 6.28. The van der Waals surface area contributed by atoms with E-state index in [1.54, 1.807) is 11.8 Å². The number of nitrogens with zero attached hydrogens (tertiary/aromatic N) is 2. The number of benzene rings is 2. The van der Waals surface area contributed by atoms with Crippen molar-refractivity contribution in [2.75, 3.05) is 30.5 Å². The Kier molecular flexibility index (Phi) is 7.73. The number of aryl methyl sites for hydroxylation is 1. The lowest BCUT2D eigenvalue weighted by Gasteiger charge is -2.31. The fourth-order valence-electron chi connectivity index (χ4n) is 4.20. The van der Waals surface area contributed by atoms with Crippen LogP contribution in [0.15, 0.2) is 42.5 Å². The largest absolute Gasteiger partial charge is 0.481 e. The number of amides is 1. The lowest BCUT2D eigenvalue weighted by atomic mass is 10.0. The molecule has 0 saturated carbocycles. The van der Waals surface area contributed by atoms with Crippen LogP contribution in [0.2, 0.25) is 0 Å². The maximum Gasteiger partial charge on any atom is 0.263 e. The maximum atomic E-state index is 13.6. The van der Waals surface area contributed by atoms with E-state index in [4.69, 9.17) is 4.74 Å². The average Bonchev–Trinajstić information content (AvgIpc) is 3.11. The highest BCUT2D eigenvalue weighted by Crippen LogP contribution is 2.29. The summed E-state index contributed by atoms with van der Waals surface area (Å²) < 4.78 is 30.5. The molecule has 2 aromatic carbocycles. The minimum Gasteiger partial charge on any atom is -0.481 e. The molecule has 180 valence electrons. The van der Waals surface area contributed by atoms with E-state index in [1.807, 2.05) is 68.4 Å². The van der Waals surface area contributed by atoms with Gasteiger partial charge in [0, 0.05) is 32.4 Å². The molecule has 1 heterocycles. The summed E-state index contributed by atoms with van der Waals surface area (Å²) in [6.07, 6.45) is -0.271. The van der Waals surface area contributed by atoms with Crippen LogP contribution in [0.25, 0.3) is 0 Å². The molecule has 1 aliphatic rings. The standard InChI is InChI=1S/C26H36N2O4S/c1-18(2)24-12-7-19(3)15-25(24)32-20(4)26(29)28(23-13-14-33(30,31)17-23)16-21-8-10-22(11-9-21)27(5)6/h7-12,15,18,20,23H,13-14,16-17H2,1-6H3. The third-order valence-electron chi connectivity index (χ3n) is 6.18. The minimum atomic E-state index is -3.13. The van der Waals surface area contributed by atoms with E-state index in [2.05, 4.69) is 13.8 Å². The third-order valence-corrected chi connectivity index (χ3v) is 7.93. The van der Waals surface area contributed by atoms with Gasteiger partial charge in [-0.25, -0.2) is 8.42 Å². The summed E-state index contributed by atoms with van der Waals surface area (Å²) in [4.78, 5) is 17.3. The molecule has 33 heavy (non-hydrogen) atoms. The molecule has 2 unspecified atom stereocenters. The summed E-state index contributed by atoms with van der Waals surface area (Å²) >= 11 is 0. The van der Waals surface area contributed by atoms with Crippen molar-refractivity contribution >= 4 is 21.4 Å². The molecule has 1 aliphatic heterocycles. The Morgan fingerprint density at radius 1 is 1.09 bits per heavy atom. The van der Waals surface area contributed by atoms with Crippen molar-refractivity contribution in [3.05, 3.63) is 59.2 Å². The molecule has 0 aromatic heterocycles. The number of carbonyl (C=O) groups is 1. The highest BCUT2D eigenvalue weighted by atomic mass is 32.2. The normalized spacial score (nSPS) is 18.2. The van der Waals surface area contributed by atoms with E-state index in [0.717, 1.165) is 22.4 Å². The molecule has 0 aliphatic carbocycles. The van der Waals surface area contributed by atoms with E-state index < -0.39 is 15.9 Å². The van der Waals surface area contributed by atoms with E-state index in [-0.39, 0.29) is 29.4 Å². The summed E-state index contributed by atoms with van der Waals surface area (Å²) in [5.74, 6) is 0.897. The molecular formula is C26H36N2O4S. The maximum absolute atomic E-state index is 13.6. The van der Waals surface area contributed by atoms with Gasteiger partial charge in [-0.15, -0.1) is 0 Å². The van der Waals surface area contributed by atoms with Gasteiger partial charge in [-0.3, -0.25) is 4.79 Å². The molecule has 0 N–H and O–H groups in total. The van der Waals surface area contributed by atoms with Crippen LogP contribution in [0.1, 0.15) is 49.8 Å². The minimum absolute atomic E-state index is 0.00291. The van der Waals surface area contributed by atoms with Gasteiger partial charge in [0.2, 0.25) is 0 Å². The van der Waals surface area contributed by atoms with Crippen molar-refractivity contribution < 1.29 is 17.9 Å². The molecule has 0 bridgehead atoms. The Labute approximate surface area is 198 Å². The summed E-state index contributed by atoms with van der Waals surface area (Å²) in [6, 6.07) is 13.7. The fraction of sp³-hybridized carbons (Fsp3) is 0.500. The van der Waals surface area contributed by atoms with Crippen LogP contribution in [-0.2, 0) is 21.2 Å². The lowest BCUT2D eigenvalue weighted by Crippen LogP contribution is -2.46. The fourth-order valence-corrected chi connectivity index (χ4v) is 5.93. The molecule has 1 fully saturated rings. The van der Waals surface area contributed by atoms with Crippen LogP contribution < -0.4 is 9.64 Å². The lowest BCUT2D eigenvalue weighted by molar-refractivity contribution is -0.140. The van der Waals surface area contributed by atoms with Crippen LogP contribution >= 0.6 is 0 Å². The van der Waals surface area contributed by atoms with Crippen LogP contribution in [0.5, 0.6) is 5.75 Å². The summed E-state index contributed by atoms with van der Waals surface area (Å²) in [6.45, 7) is 8.29. The Hall–Kier alpha value is -2.54. The first-order valence-electron chi connectivity index (χ1n) is 11.5. The predicted molar refractivity (Wildman–Crippen MR) is 134 cm³/mol. The second-order valence-electron chi connectivity index (χ2n) is 9.54. The quantitative estimate of drug-likeness (QED) is 0.577. The number of carbonyl (C=O) groups excluding carboxylic acids is 1. The second kappa shape index (κ2) is 10.2. The van der Waals surface area contributed by atoms with E-state index >= 15 is 0 Å². The van der Waals surface area contributed by atoms with E-state index in [1.165, 1.54) is 0 Å². The van der Waals surface area contributed by atoms with Crippen LogP contribution in [-0.4, -0.2) is 57.0 Å². The molecule has 7 heteroatoms. The SMILES string of the molecule is Cc1ccc(C(C)C)c(OC(C)C(=O)N(Cc2ccc(N(C)C)cc2)C2CCS(=O)(=O)C2)c1. The number of ether oxygens (including phenoxy) is 1. The Balaban J connectivity index is 1.85. The molecule has 6 nitrogen and oxygen atoms in total.